The molecular weight excluding hydrogens is 240 g/mol. The maximum Gasteiger partial charge on any atom is 0.186 e. The van der Waals surface area contributed by atoms with Crippen LogP contribution in [0, 0.1) is 0 Å². The molecule has 0 aliphatic carbocycles. The Morgan fingerprint density at radius 2 is 1.50 bits per heavy atom. The second kappa shape index (κ2) is 3.65. The molecule has 3 fully saturated rings. The van der Waals surface area contributed by atoms with Crippen molar-refractivity contribution in [1.82, 2.24) is 0 Å². The number of ether oxygens (including phenoxy) is 5. The van der Waals surface area contributed by atoms with Crippen molar-refractivity contribution >= 4 is 0 Å². The van der Waals surface area contributed by atoms with Crippen molar-refractivity contribution < 1.29 is 28.8 Å². The van der Waals surface area contributed by atoms with Crippen LogP contribution >= 0.6 is 0 Å². The zero-order valence-corrected chi connectivity index (χ0v) is 11.1. The Balaban J connectivity index is 1.75. The fourth-order valence-corrected chi connectivity index (χ4v) is 2.56. The Hall–Kier alpha value is -0.240. The minimum absolute atomic E-state index is 0.203. The Morgan fingerprint density at radius 3 is 2.06 bits per heavy atom. The summed E-state index contributed by atoms with van der Waals surface area (Å²) in [6.07, 6.45) is -2.30. The number of rotatable bonds is 0. The first-order chi connectivity index (χ1) is 8.23. The predicted octanol–water partition coefficient (Wildman–Crippen LogP) is -0.255. The molecule has 0 aromatic heterocycles. The maximum absolute atomic E-state index is 12.5. The third-order valence-corrected chi connectivity index (χ3v) is 3.58. The third-order valence-electron chi connectivity index (χ3n) is 3.58. The summed E-state index contributed by atoms with van der Waals surface area (Å²) in [5.74, 6) is -1.44. The van der Waals surface area contributed by atoms with Gasteiger partial charge in [0.1, 0.15) is 11.7 Å². The molecule has 0 aromatic rings. The molecule has 3 aliphatic heterocycles. The highest BCUT2D eigenvalue weighted by molar-refractivity contribution is 5.04. The molecule has 0 saturated carbocycles. The van der Waals surface area contributed by atoms with Crippen LogP contribution in [-0.2, 0) is 23.7 Å². The summed E-state index contributed by atoms with van der Waals surface area (Å²) >= 11 is 0. The van der Waals surface area contributed by atoms with Crippen LogP contribution in [0.2, 0.25) is 0 Å². The number of hydrogen-bond acceptors (Lipinski definition) is 6. The summed E-state index contributed by atoms with van der Waals surface area (Å²) in [5, 5.41) is 12.5. The van der Waals surface area contributed by atoms with Crippen LogP contribution in [-0.4, -0.2) is 48.9 Å². The molecular formula is C12H19O6-. The molecule has 0 bridgehead atoms. The summed E-state index contributed by atoms with van der Waals surface area (Å²) in [4.78, 5) is 0. The van der Waals surface area contributed by atoms with Crippen molar-refractivity contribution in [3.63, 3.8) is 0 Å². The third kappa shape index (κ3) is 1.88. The van der Waals surface area contributed by atoms with Crippen LogP contribution in [0.5, 0.6) is 0 Å². The van der Waals surface area contributed by atoms with E-state index in [0.29, 0.717) is 0 Å². The SMILES string of the molecule is CC1(C)OCC2(CO1)OC1OC(C)(C)OC1C2[O-]. The maximum atomic E-state index is 12.5. The Morgan fingerprint density at radius 1 is 0.889 bits per heavy atom. The van der Waals surface area contributed by atoms with Gasteiger partial charge in [-0.2, -0.15) is 0 Å². The molecule has 3 rings (SSSR count). The van der Waals surface area contributed by atoms with Gasteiger partial charge in [0.05, 0.1) is 13.2 Å². The van der Waals surface area contributed by atoms with Crippen molar-refractivity contribution in [1.29, 1.82) is 0 Å². The molecule has 0 N–H and O–H groups in total. The molecule has 6 heteroatoms. The standard InChI is InChI=1S/C12H19O6/c1-10(2)14-5-12(6-15-10)8(13)7-9(18-12)17-11(3,4)16-7/h7-9H,5-6H2,1-4H3/q-1. The van der Waals surface area contributed by atoms with Crippen molar-refractivity contribution in [3.05, 3.63) is 0 Å². The van der Waals surface area contributed by atoms with Crippen molar-refractivity contribution in [3.8, 4) is 0 Å². The first-order valence-corrected chi connectivity index (χ1v) is 6.20. The summed E-state index contributed by atoms with van der Waals surface area (Å²) in [7, 11) is 0. The van der Waals surface area contributed by atoms with E-state index in [-0.39, 0.29) is 13.2 Å². The summed E-state index contributed by atoms with van der Waals surface area (Å²) < 4.78 is 28.0. The number of fused-ring (bicyclic) bond motifs is 1. The predicted molar refractivity (Wildman–Crippen MR) is 57.4 cm³/mol. The molecule has 104 valence electrons. The van der Waals surface area contributed by atoms with Crippen LogP contribution in [0.4, 0.5) is 0 Å². The van der Waals surface area contributed by atoms with E-state index in [0.717, 1.165) is 0 Å². The minimum Gasteiger partial charge on any atom is -0.848 e. The molecule has 0 radical (unpaired) electrons. The first-order valence-electron chi connectivity index (χ1n) is 6.20. The highest BCUT2D eigenvalue weighted by Crippen LogP contribution is 2.43. The van der Waals surface area contributed by atoms with Crippen molar-refractivity contribution in [2.24, 2.45) is 0 Å². The van der Waals surface area contributed by atoms with Crippen LogP contribution in [0.3, 0.4) is 0 Å². The summed E-state index contributed by atoms with van der Waals surface area (Å²) in [6, 6.07) is 0. The van der Waals surface area contributed by atoms with Crippen LogP contribution in [0.25, 0.3) is 0 Å². The quantitative estimate of drug-likeness (QED) is 0.597. The Kier molecular flexibility index (Phi) is 2.59. The van der Waals surface area contributed by atoms with Gasteiger partial charge in [-0.15, -0.1) is 0 Å². The second-order valence-corrected chi connectivity index (χ2v) is 6.05. The second-order valence-electron chi connectivity index (χ2n) is 6.05. The van der Waals surface area contributed by atoms with Crippen molar-refractivity contribution in [2.75, 3.05) is 13.2 Å². The van der Waals surface area contributed by atoms with Crippen LogP contribution in [0.15, 0.2) is 0 Å². The summed E-state index contributed by atoms with van der Waals surface area (Å²) in [6.45, 7) is 7.57. The fraction of sp³-hybridized carbons (Fsp3) is 1.00. The lowest BCUT2D eigenvalue weighted by molar-refractivity contribution is -0.476. The molecule has 3 heterocycles. The van der Waals surface area contributed by atoms with Crippen LogP contribution < -0.4 is 5.11 Å². The lowest BCUT2D eigenvalue weighted by Crippen LogP contribution is -2.62. The topological polar surface area (TPSA) is 69.2 Å². The monoisotopic (exact) mass is 259 g/mol. The molecule has 1 spiro atoms. The van der Waals surface area contributed by atoms with Gasteiger partial charge in [-0.25, -0.2) is 0 Å². The van der Waals surface area contributed by atoms with Gasteiger partial charge in [0.15, 0.2) is 17.9 Å². The molecule has 6 nitrogen and oxygen atoms in total. The van der Waals surface area contributed by atoms with Gasteiger partial charge in [-0.05, 0) is 27.7 Å². The van der Waals surface area contributed by atoms with E-state index in [1.165, 1.54) is 0 Å². The Labute approximate surface area is 106 Å². The van der Waals surface area contributed by atoms with Crippen LogP contribution in [0.1, 0.15) is 27.7 Å². The van der Waals surface area contributed by atoms with Gasteiger partial charge in [-0.1, -0.05) is 6.10 Å². The van der Waals surface area contributed by atoms with Gasteiger partial charge in [0.2, 0.25) is 0 Å². The van der Waals surface area contributed by atoms with Crippen molar-refractivity contribution in [2.45, 2.75) is 63.4 Å². The summed E-state index contributed by atoms with van der Waals surface area (Å²) in [5.41, 5.74) is -0.999. The van der Waals surface area contributed by atoms with E-state index < -0.39 is 35.7 Å². The van der Waals surface area contributed by atoms with Gasteiger partial charge < -0.3 is 28.8 Å². The molecule has 18 heavy (non-hydrogen) atoms. The molecule has 3 unspecified atom stereocenters. The van der Waals surface area contributed by atoms with E-state index in [9.17, 15) is 5.11 Å². The molecule has 3 atom stereocenters. The zero-order valence-electron chi connectivity index (χ0n) is 11.1. The van der Waals surface area contributed by atoms with Gasteiger partial charge in [0, 0.05) is 0 Å². The molecule has 0 amide bonds. The van der Waals surface area contributed by atoms with E-state index in [2.05, 4.69) is 0 Å². The average molecular weight is 259 g/mol. The van der Waals surface area contributed by atoms with E-state index in [1.807, 2.05) is 13.8 Å². The zero-order chi connectivity index (χ0) is 13.2. The normalized spacial score (nSPS) is 44.2. The molecule has 3 saturated heterocycles. The van der Waals surface area contributed by atoms with Gasteiger partial charge >= 0.3 is 0 Å². The number of hydrogen-bond donors (Lipinski definition) is 0. The van der Waals surface area contributed by atoms with E-state index in [4.69, 9.17) is 23.7 Å². The molecule has 3 aliphatic rings. The minimum atomic E-state index is -1.07. The van der Waals surface area contributed by atoms with E-state index in [1.54, 1.807) is 13.8 Å². The molecule has 0 aromatic carbocycles. The largest absolute Gasteiger partial charge is 0.848 e. The highest BCUT2D eigenvalue weighted by atomic mass is 16.9. The fourth-order valence-electron chi connectivity index (χ4n) is 2.56. The lowest BCUT2D eigenvalue weighted by Gasteiger charge is -2.46. The van der Waals surface area contributed by atoms with E-state index >= 15 is 0 Å². The first kappa shape index (κ1) is 12.8. The highest BCUT2D eigenvalue weighted by Gasteiger charge is 2.59. The Bertz CT molecular complexity index is 342. The smallest absolute Gasteiger partial charge is 0.186 e. The van der Waals surface area contributed by atoms with Gasteiger partial charge in [-0.3, -0.25) is 0 Å². The lowest BCUT2D eigenvalue weighted by atomic mass is 9.96. The average Bonchev–Trinajstić information content (AvgIpc) is 2.66. The van der Waals surface area contributed by atoms with Gasteiger partial charge in [0.25, 0.3) is 0 Å².